The minimum absolute atomic E-state index is 0.0229. The number of rotatable bonds is 4. The van der Waals surface area contributed by atoms with Crippen LogP contribution < -0.4 is 5.56 Å². The first-order valence-electron chi connectivity index (χ1n) is 7.23. The van der Waals surface area contributed by atoms with E-state index in [9.17, 15) is 4.79 Å². The van der Waals surface area contributed by atoms with Crippen molar-refractivity contribution in [1.82, 2.24) is 24.6 Å². The van der Waals surface area contributed by atoms with Crippen molar-refractivity contribution in [1.29, 1.82) is 0 Å². The van der Waals surface area contributed by atoms with Crippen LogP contribution in [0, 0.1) is 12.8 Å². The van der Waals surface area contributed by atoms with E-state index in [1.807, 2.05) is 0 Å². The van der Waals surface area contributed by atoms with Crippen LogP contribution in [0.2, 0.25) is 0 Å². The van der Waals surface area contributed by atoms with Gasteiger partial charge in [-0.25, -0.2) is 4.98 Å². The fourth-order valence-electron chi connectivity index (χ4n) is 2.73. The number of aromatic nitrogens is 4. The van der Waals surface area contributed by atoms with Gasteiger partial charge in [0.2, 0.25) is 5.89 Å². The molecule has 0 radical (unpaired) electrons. The number of piperidine rings is 1. The van der Waals surface area contributed by atoms with Gasteiger partial charge >= 0.3 is 0 Å². The quantitative estimate of drug-likeness (QED) is 0.830. The van der Waals surface area contributed by atoms with Crippen LogP contribution in [0.3, 0.4) is 0 Å². The van der Waals surface area contributed by atoms with Gasteiger partial charge < -0.3 is 4.52 Å². The summed E-state index contributed by atoms with van der Waals surface area (Å²) in [4.78, 5) is 22.3. The lowest BCUT2D eigenvalue weighted by Gasteiger charge is -2.31. The smallest absolute Gasteiger partial charge is 0.253 e. The topological polar surface area (TPSA) is 77.1 Å². The highest BCUT2D eigenvalue weighted by atomic mass is 16.5. The Balaban J connectivity index is 1.51. The van der Waals surface area contributed by atoms with E-state index in [-0.39, 0.29) is 5.56 Å². The zero-order valence-corrected chi connectivity index (χ0v) is 12.1. The Morgan fingerprint density at radius 3 is 2.86 bits per heavy atom. The third-order valence-electron chi connectivity index (χ3n) is 3.89. The summed E-state index contributed by atoms with van der Waals surface area (Å²) in [6.45, 7) is 5.27. The molecular formula is C14H19N5O2. The van der Waals surface area contributed by atoms with Crippen LogP contribution in [-0.2, 0) is 13.1 Å². The number of aryl methyl sites for hydroxylation is 1. The van der Waals surface area contributed by atoms with Gasteiger partial charge in [0.05, 0.1) is 12.9 Å². The summed E-state index contributed by atoms with van der Waals surface area (Å²) in [5, 5.41) is 3.93. The summed E-state index contributed by atoms with van der Waals surface area (Å²) in [6, 6.07) is 1.51. The molecular weight excluding hydrogens is 270 g/mol. The average molecular weight is 289 g/mol. The third kappa shape index (κ3) is 3.55. The molecule has 3 rings (SSSR count). The Kier molecular flexibility index (Phi) is 4.10. The minimum Gasteiger partial charge on any atom is -0.340 e. The van der Waals surface area contributed by atoms with Crippen molar-refractivity contribution in [2.24, 2.45) is 5.92 Å². The van der Waals surface area contributed by atoms with Crippen LogP contribution >= 0.6 is 0 Å². The van der Waals surface area contributed by atoms with E-state index in [1.165, 1.54) is 12.3 Å². The molecule has 0 atom stereocenters. The molecule has 0 unspecified atom stereocenters. The summed E-state index contributed by atoms with van der Waals surface area (Å²) >= 11 is 0. The summed E-state index contributed by atoms with van der Waals surface area (Å²) in [5.74, 6) is 1.88. The molecule has 112 valence electrons. The zero-order valence-electron chi connectivity index (χ0n) is 12.1. The maximum absolute atomic E-state index is 11.7. The van der Waals surface area contributed by atoms with Gasteiger partial charge in [0.1, 0.15) is 0 Å². The molecule has 0 spiro atoms. The molecule has 1 fully saturated rings. The Morgan fingerprint density at radius 1 is 1.38 bits per heavy atom. The lowest BCUT2D eigenvalue weighted by atomic mass is 9.96. The van der Waals surface area contributed by atoms with Crippen molar-refractivity contribution in [2.75, 3.05) is 13.1 Å². The number of nitrogens with zero attached hydrogens (tertiary/aromatic N) is 5. The van der Waals surface area contributed by atoms with Crippen molar-refractivity contribution in [3.05, 3.63) is 40.7 Å². The second-order valence-electron chi connectivity index (χ2n) is 5.52. The van der Waals surface area contributed by atoms with Crippen LogP contribution in [0.1, 0.15) is 24.6 Å². The van der Waals surface area contributed by atoms with Gasteiger partial charge in [-0.2, -0.15) is 4.98 Å². The highest BCUT2D eigenvalue weighted by molar-refractivity contribution is 4.86. The third-order valence-corrected chi connectivity index (χ3v) is 3.89. The maximum Gasteiger partial charge on any atom is 0.253 e. The highest BCUT2D eigenvalue weighted by Crippen LogP contribution is 2.19. The molecule has 0 aromatic carbocycles. The molecule has 0 amide bonds. The van der Waals surface area contributed by atoms with Crippen LogP contribution in [0.15, 0.2) is 27.9 Å². The van der Waals surface area contributed by atoms with Gasteiger partial charge in [-0.15, -0.1) is 0 Å². The Morgan fingerprint density at radius 2 is 2.19 bits per heavy atom. The first-order valence-corrected chi connectivity index (χ1v) is 7.23. The van der Waals surface area contributed by atoms with E-state index in [1.54, 1.807) is 17.8 Å². The molecule has 2 aromatic heterocycles. The van der Waals surface area contributed by atoms with Crippen LogP contribution in [0.25, 0.3) is 0 Å². The van der Waals surface area contributed by atoms with Gasteiger partial charge in [-0.1, -0.05) is 5.16 Å². The van der Waals surface area contributed by atoms with E-state index in [2.05, 4.69) is 20.0 Å². The number of hydrogen-bond acceptors (Lipinski definition) is 6. The molecule has 2 aromatic rings. The van der Waals surface area contributed by atoms with Crippen LogP contribution in [0.4, 0.5) is 0 Å². The zero-order chi connectivity index (χ0) is 14.7. The van der Waals surface area contributed by atoms with E-state index in [4.69, 9.17) is 4.52 Å². The molecule has 1 aliphatic heterocycles. The molecule has 7 heteroatoms. The Bertz CT molecular complexity index is 643. The molecule has 7 nitrogen and oxygen atoms in total. The molecule has 0 saturated carbocycles. The van der Waals surface area contributed by atoms with E-state index in [0.29, 0.717) is 11.8 Å². The largest absolute Gasteiger partial charge is 0.340 e. The van der Waals surface area contributed by atoms with Gasteiger partial charge in [0, 0.05) is 25.7 Å². The first-order chi connectivity index (χ1) is 10.2. The summed E-state index contributed by atoms with van der Waals surface area (Å²) in [5.41, 5.74) is 0.0229. The minimum atomic E-state index is 0.0229. The number of likely N-dealkylation sites (tertiary alicyclic amines) is 1. The van der Waals surface area contributed by atoms with E-state index < -0.39 is 0 Å². The molecule has 0 aliphatic carbocycles. The van der Waals surface area contributed by atoms with Gasteiger partial charge in [0.25, 0.3) is 5.56 Å². The predicted molar refractivity (Wildman–Crippen MR) is 75.5 cm³/mol. The highest BCUT2D eigenvalue weighted by Gasteiger charge is 2.21. The molecule has 0 N–H and O–H groups in total. The van der Waals surface area contributed by atoms with Gasteiger partial charge in [0.15, 0.2) is 5.82 Å². The van der Waals surface area contributed by atoms with Gasteiger partial charge in [-0.3, -0.25) is 14.3 Å². The van der Waals surface area contributed by atoms with Crippen LogP contribution in [0.5, 0.6) is 0 Å². The van der Waals surface area contributed by atoms with Crippen LogP contribution in [-0.4, -0.2) is 37.7 Å². The summed E-state index contributed by atoms with van der Waals surface area (Å²) in [6.07, 6.45) is 5.29. The van der Waals surface area contributed by atoms with Crippen molar-refractivity contribution in [3.63, 3.8) is 0 Å². The van der Waals surface area contributed by atoms with Crippen molar-refractivity contribution < 1.29 is 4.52 Å². The second kappa shape index (κ2) is 6.17. The molecule has 1 aliphatic rings. The lowest BCUT2D eigenvalue weighted by Crippen LogP contribution is -2.36. The Hall–Kier alpha value is -2.02. The Labute approximate surface area is 122 Å². The summed E-state index contributed by atoms with van der Waals surface area (Å²) in [7, 11) is 0. The molecule has 21 heavy (non-hydrogen) atoms. The van der Waals surface area contributed by atoms with Crippen molar-refractivity contribution in [3.8, 4) is 0 Å². The molecule has 3 heterocycles. The monoisotopic (exact) mass is 289 g/mol. The van der Waals surface area contributed by atoms with Crippen molar-refractivity contribution >= 4 is 0 Å². The second-order valence-corrected chi connectivity index (χ2v) is 5.52. The van der Waals surface area contributed by atoms with Crippen molar-refractivity contribution in [2.45, 2.75) is 32.9 Å². The molecule has 0 bridgehead atoms. The first kappa shape index (κ1) is 13.9. The normalized spacial score (nSPS) is 17.2. The molecule has 1 saturated heterocycles. The lowest BCUT2D eigenvalue weighted by molar-refractivity contribution is 0.161. The van der Waals surface area contributed by atoms with E-state index >= 15 is 0 Å². The maximum atomic E-state index is 11.7. The fraction of sp³-hybridized carbons (Fsp3) is 0.571. The van der Waals surface area contributed by atoms with Gasteiger partial charge in [-0.05, 0) is 31.8 Å². The standard InChI is InChI=1S/C14H19N5O2/c1-11-16-13(17-21-11)9-18-6-3-12(4-7-18)8-19-10-15-5-2-14(19)20/h2,5,10,12H,3-4,6-9H2,1H3. The average Bonchev–Trinajstić information content (AvgIpc) is 2.89. The summed E-state index contributed by atoms with van der Waals surface area (Å²) < 4.78 is 6.68. The number of hydrogen-bond donors (Lipinski definition) is 0. The van der Waals surface area contributed by atoms with E-state index in [0.717, 1.165) is 44.8 Å². The SMILES string of the molecule is Cc1nc(CN2CCC(Cn3cnccc3=O)CC2)no1. The predicted octanol–water partition coefficient (Wildman–Crippen LogP) is 0.847. The fourth-order valence-corrected chi connectivity index (χ4v) is 2.73.